The van der Waals surface area contributed by atoms with Crippen molar-refractivity contribution in [3.8, 4) is 0 Å². The third-order valence-corrected chi connectivity index (χ3v) is 1.72. The van der Waals surface area contributed by atoms with Crippen LogP contribution in [0.3, 0.4) is 0 Å². The van der Waals surface area contributed by atoms with E-state index in [-0.39, 0.29) is 0 Å². The molecule has 1 amide bonds. The molecule has 0 saturated carbocycles. The third-order valence-electron chi connectivity index (χ3n) is 1.65. The Balaban J connectivity index is 3.00. The van der Waals surface area contributed by atoms with Crippen molar-refractivity contribution in [1.82, 2.24) is 5.48 Å². The predicted molar refractivity (Wildman–Crippen MR) is 50.1 cm³/mol. The molecule has 0 spiro atoms. The van der Waals surface area contributed by atoms with E-state index < -0.39 is 23.2 Å². The Morgan fingerprint density at radius 2 is 1.94 bits per heavy atom. The maximum absolute atomic E-state index is 12.5. The van der Waals surface area contributed by atoms with Crippen LogP contribution in [-0.4, -0.2) is 5.91 Å². The number of hydroxylamine groups is 1. The van der Waals surface area contributed by atoms with Crippen LogP contribution in [0, 0.1) is 0 Å². The summed E-state index contributed by atoms with van der Waals surface area (Å²) >= 11 is 3.13. The summed E-state index contributed by atoms with van der Waals surface area (Å²) in [7, 11) is 0. The van der Waals surface area contributed by atoms with Crippen LogP contribution in [0.2, 0.25) is 0 Å². The zero-order valence-corrected chi connectivity index (χ0v) is 8.51. The van der Waals surface area contributed by atoms with E-state index >= 15 is 0 Å². The molecule has 0 aliphatic rings. The Labute approximate surface area is 93.8 Å². The summed E-state index contributed by atoms with van der Waals surface area (Å²) in [5, 5.41) is 0. The summed E-state index contributed by atoms with van der Waals surface area (Å²) < 4.78 is 41.1. The maximum Gasteiger partial charge on any atom is 0.417 e. The van der Waals surface area contributed by atoms with Gasteiger partial charge in [-0.15, -0.1) is 4.33 Å². The summed E-state index contributed by atoms with van der Waals surface area (Å²) in [6.07, 6.45) is -4.62. The van der Waals surface area contributed by atoms with Crippen molar-refractivity contribution in [3.05, 3.63) is 35.4 Å². The van der Waals surface area contributed by atoms with Gasteiger partial charge in [0, 0.05) is 12.9 Å². The number of hydrogen-bond acceptors (Lipinski definition) is 4. The second-order valence-corrected chi connectivity index (χ2v) is 2.78. The number of carbonyl (C=O) groups excluding carboxylic acids is 1. The van der Waals surface area contributed by atoms with E-state index in [2.05, 4.69) is 22.2 Å². The number of carbonyl (C=O) groups is 1. The molecule has 0 heterocycles. The highest BCUT2D eigenvalue weighted by Crippen LogP contribution is 2.31. The van der Waals surface area contributed by atoms with E-state index in [1.54, 1.807) is 5.48 Å². The standard InChI is InChI=1S/C8H6F3NO3S/c9-8(10,11)6-4-2-1-3-5(6)7(13)12-14-15-16/h1-4,16H,(H,12,13). The fraction of sp³-hybridized carbons (Fsp3) is 0.125. The van der Waals surface area contributed by atoms with Gasteiger partial charge in [0.1, 0.15) is 0 Å². The number of thiol groups is 1. The minimum absolute atomic E-state index is 0.569. The Morgan fingerprint density at radius 3 is 2.50 bits per heavy atom. The minimum atomic E-state index is -4.62. The third kappa shape index (κ3) is 3.12. The molecule has 8 heteroatoms. The van der Waals surface area contributed by atoms with Crippen LogP contribution < -0.4 is 5.48 Å². The summed E-state index contributed by atoms with van der Waals surface area (Å²) in [4.78, 5) is 15.1. The Hall–Kier alpha value is -1.25. The molecule has 1 aromatic rings. The lowest BCUT2D eigenvalue weighted by molar-refractivity contribution is -0.227. The highest BCUT2D eigenvalue weighted by molar-refractivity contribution is 7.74. The predicted octanol–water partition coefficient (Wildman–Crippen LogP) is 2.14. The largest absolute Gasteiger partial charge is 0.417 e. The number of hydrogen-bond donors (Lipinski definition) is 2. The van der Waals surface area contributed by atoms with Gasteiger partial charge in [-0.25, -0.2) is 0 Å². The van der Waals surface area contributed by atoms with Crippen molar-refractivity contribution < 1.29 is 27.3 Å². The summed E-state index contributed by atoms with van der Waals surface area (Å²) in [5.41, 5.74) is -0.00547. The molecule has 0 fully saturated rings. The van der Waals surface area contributed by atoms with E-state index in [0.717, 1.165) is 12.1 Å². The van der Waals surface area contributed by atoms with Gasteiger partial charge in [-0.2, -0.15) is 18.7 Å². The van der Waals surface area contributed by atoms with E-state index in [1.807, 2.05) is 0 Å². The minimum Gasteiger partial charge on any atom is -0.267 e. The van der Waals surface area contributed by atoms with Crippen LogP contribution in [0.1, 0.15) is 15.9 Å². The monoisotopic (exact) mass is 253 g/mol. The molecule has 1 rings (SSSR count). The van der Waals surface area contributed by atoms with Crippen molar-refractivity contribution in [2.75, 3.05) is 0 Å². The first-order valence-electron chi connectivity index (χ1n) is 3.90. The van der Waals surface area contributed by atoms with Gasteiger partial charge in [0.05, 0.1) is 11.1 Å². The van der Waals surface area contributed by atoms with Crippen molar-refractivity contribution in [3.63, 3.8) is 0 Å². The summed E-state index contributed by atoms with van der Waals surface area (Å²) in [6, 6.07) is 4.28. The molecular weight excluding hydrogens is 247 g/mol. The smallest absolute Gasteiger partial charge is 0.267 e. The number of halogens is 3. The van der Waals surface area contributed by atoms with Crippen molar-refractivity contribution in [2.45, 2.75) is 6.18 Å². The quantitative estimate of drug-likeness (QED) is 0.375. The molecular formula is C8H6F3NO3S. The van der Waals surface area contributed by atoms with Crippen molar-refractivity contribution in [2.24, 2.45) is 0 Å². The fourth-order valence-electron chi connectivity index (χ4n) is 1.04. The van der Waals surface area contributed by atoms with Gasteiger partial charge in [-0.3, -0.25) is 4.79 Å². The molecule has 16 heavy (non-hydrogen) atoms. The van der Waals surface area contributed by atoms with Gasteiger partial charge in [-0.1, -0.05) is 17.1 Å². The molecule has 1 aromatic carbocycles. The Bertz CT molecular complexity index is 383. The Morgan fingerprint density at radius 1 is 1.31 bits per heavy atom. The fourth-order valence-corrected chi connectivity index (χ4v) is 1.08. The van der Waals surface area contributed by atoms with E-state index in [0.29, 0.717) is 0 Å². The average molecular weight is 253 g/mol. The molecule has 0 unspecified atom stereocenters. The number of amides is 1. The molecule has 0 aliphatic carbocycles. The average Bonchev–Trinajstić information content (AvgIpc) is 2.24. The summed E-state index contributed by atoms with van der Waals surface area (Å²) in [5.74, 6) is -1.08. The number of alkyl halides is 3. The SMILES string of the molecule is O=C(NOOS)c1ccccc1C(F)(F)F. The lowest BCUT2D eigenvalue weighted by Gasteiger charge is -2.11. The first kappa shape index (κ1) is 12.8. The maximum atomic E-state index is 12.5. The van der Waals surface area contributed by atoms with Crippen LogP contribution in [-0.2, 0) is 15.5 Å². The zero-order valence-electron chi connectivity index (χ0n) is 7.62. The van der Waals surface area contributed by atoms with Gasteiger partial charge < -0.3 is 0 Å². The van der Waals surface area contributed by atoms with Gasteiger partial charge in [-0.05, 0) is 12.1 Å². The molecule has 88 valence electrons. The van der Waals surface area contributed by atoms with Crippen molar-refractivity contribution in [1.29, 1.82) is 0 Å². The van der Waals surface area contributed by atoms with Crippen LogP contribution in [0.25, 0.3) is 0 Å². The topological polar surface area (TPSA) is 47.6 Å². The summed E-state index contributed by atoms with van der Waals surface area (Å²) in [6.45, 7) is 0. The molecule has 0 atom stereocenters. The van der Waals surface area contributed by atoms with Crippen LogP contribution in [0.15, 0.2) is 24.3 Å². The first-order chi connectivity index (χ1) is 7.46. The van der Waals surface area contributed by atoms with E-state index in [4.69, 9.17) is 0 Å². The molecule has 1 N–H and O–H groups in total. The van der Waals surface area contributed by atoms with Gasteiger partial charge in [0.15, 0.2) is 0 Å². The highest BCUT2D eigenvalue weighted by atomic mass is 32.1. The number of benzene rings is 1. The highest BCUT2D eigenvalue weighted by Gasteiger charge is 2.34. The second kappa shape index (κ2) is 5.19. The van der Waals surface area contributed by atoms with Crippen LogP contribution >= 0.6 is 12.9 Å². The molecule has 4 nitrogen and oxygen atoms in total. The van der Waals surface area contributed by atoms with Gasteiger partial charge in [0.2, 0.25) is 0 Å². The zero-order chi connectivity index (χ0) is 12.2. The molecule has 0 radical (unpaired) electrons. The van der Waals surface area contributed by atoms with Gasteiger partial charge in [0.25, 0.3) is 5.91 Å². The van der Waals surface area contributed by atoms with Crippen molar-refractivity contribution >= 4 is 18.8 Å². The normalized spacial score (nSPS) is 11.2. The molecule has 0 bridgehead atoms. The van der Waals surface area contributed by atoms with Crippen LogP contribution in [0.5, 0.6) is 0 Å². The lowest BCUT2D eigenvalue weighted by atomic mass is 10.1. The van der Waals surface area contributed by atoms with E-state index in [1.165, 1.54) is 12.1 Å². The van der Waals surface area contributed by atoms with Crippen LogP contribution in [0.4, 0.5) is 13.2 Å². The molecule has 0 aliphatic heterocycles. The molecule has 0 saturated heterocycles. The molecule has 0 aromatic heterocycles. The number of rotatable bonds is 3. The lowest BCUT2D eigenvalue weighted by Crippen LogP contribution is -2.25. The van der Waals surface area contributed by atoms with E-state index in [9.17, 15) is 18.0 Å². The van der Waals surface area contributed by atoms with Gasteiger partial charge >= 0.3 is 6.18 Å². The first-order valence-corrected chi connectivity index (χ1v) is 4.27. The number of nitrogens with one attached hydrogen (secondary N) is 1. The Kier molecular flexibility index (Phi) is 4.16. The second-order valence-electron chi connectivity index (χ2n) is 2.63.